The van der Waals surface area contributed by atoms with Gasteiger partial charge >= 0.3 is 5.97 Å². The first-order valence-corrected chi connectivity index (χ1v) is 5.39. The highest BCUT2D eigenvalue weighted by Gasteiger charge is 2.28. The lowest BCUT2D eigenvalue weighted by atomic mass is 9.75. The second-order valence-electron chi connectivity index (χ2n) is 5.17. The number of hydrogen-bond acceptors (Lipinski definition) is 2. The first kappa shape index (κ1) is 11.5. The molecule has 2 N–H and O–H groups in total. The highest BCUT2D eigenvalue weighted by atomic mass is 16.4. The van der Waals surface area contributed by atoms with Crippen molar-refractivity contribution in [1.82, 2.24) is 5.32 Å². The molecular weight excluding hydrogens is 178 g/mol. The van der Waals surface area contributed by atoms with Crippen molar-refractivity contribution in [3.63, 3.8) is 0 Å². The molecule has 3 heteroatoms. The van der Waals surface area contributed by atoms with Crippen LogP contribution in [0.15, 0.2) is 0 Å². The van der Waals surface area contributed by atoms with Gasteiger partial charge in [0.1, 0.15) is 6.04 Å². The smallest absolute Gasteiger partial charge is 0.320 e. The zero-order valence-corrected chi connectivity index (χ0v) is 9.34. The lowest BCUT2D eigenvalue weighted by Crippen LogP contribution is -2.43. The van der Waals surface area contributed by atoms with Crippen LogP contribution in [0.5, 0.6) is 0 Å². The van der Waals surface area contributed by atoms with Crippen LogP contribution < -0.4 is 5.32 Å². The molecule has 0 spiro atoms. The monoisotopic (exact) mass is 199 g/mol. The summed E-state index contributed by atoms with van der Waals surface area (Å²) in [6.07, 6.45) is 4.59. The van der Waals surface area contributed by atoms with Gasteiger partial charge < -0.3 is 10.4 Å². The van der Waals surface area contributed by atoms with E-state index in [2.05, 4.69) is 19.2 Å². The molecule has 14 heavy (non-hydrogen) atoms. The third kappa shape index (κ3) is 3.29. The van der Waals surface area contributed by atoms with Gasteiger partial charge in [-0.1, -0.05) is 13.8 Å². The molecule has 0 saturated heterocycles. The van der Waals surface area contributed by atoms with Crippen molar-refractivity contribution in [2.75, 3.05) is 0 Å². The van der Waals surface area contributed by atoms with Gasteiger partial charge in [0.05, 0.1) is 0 Å². The second-order valence-corrected chi connectivity index (χ2v) is 5.17. The third-order valence-electron chi connectivity index (χ3n) is 3.20. The standard InChI is InChI=1S/C11H21NO2/c1-8(10(13)14)12-9-4-6-11(2,3)7-5-9/h8-9,12H,4-7H2,1-3H3,(H,13,14). The maximum absolute atomic E-state index is 10.6. The van der Waals surface area contributed by atoms with Gasteiger partial charge in [-0.2, -0.15) is 0 Å². The van der Waals surface area contributed by atoms with Gasteiger partial charge in [0, 0.05) is 6.04 Å². The van der Waals surface area contributed by atoms with E-state index >= 15 is 0 Å². The van der Waals surface area contributed by atoms with Gasteiger partial charge in [-0.15, -0.1) is 0 Å². The molecule has 1 unspecified atom stereocenters. The quantitative estimate of drug-likeness (QED) is 0.731. The normalized spacial score (nSPS) is 24.5. The summed E-state index contributed by atoms with van der Waals surface area (Å²) in [7, 11) is 0. The minimum atomic E-state index is -0.755. The van der Waals surface area contributed by atoms with E-state index < -0.39 is 12.0 Å². The molecular formula is C11H21NO2. The summed E-state index contributed by atoms with van der Waals surface area (Å²) in [5.74, 6) is -0.755. The number of nitrogens with one attached hydrogen (secondary N) is 1. The molecule has 0 heterocycles. The van der Waals surface area contributed by atoms with E-state index in [1.807, 2.05) is 0 Å². The minimum Gasteiger partial charge on any atom is -0.480 e. The lowest BCUT2D eigenvalue weighted by Gasteiger charge is -2.35. The molecule has 3 nitrogen and oxygen atoms in total. The summed E-state index contributed by atoms with van der Waals surface area (Å²) in [6.45, 7) is 6.27. The molecule has 0 aromatic heterocycles. The molecule has 0 aliphatic heterocycles. The van der Waals surface area contributed by atoms with Crippen molar-refractivity contribution in [2.45, 2.75) is 58.5 Å². The Hall–Kier alpha value is -0.570. The SMILES string of the molecule is CC(NC1CCC(C)(C)CC1)C(=O)O. The number of carboxylic acid groups (broad SMARTS) is 1. The number of aliphatic carboxylic acids is 1. The first-order chi connectivity index (χ1) is 6.41. The summed E-state index contributed by atoms with van der Waals surface area (Å²) in [6, 6.07) is -0.0182. The predicted molar refractivity (Wildman–Crippen MR) is 56.3 cm³/mol. The van der Waals surface area contributed by atoms with E-state index in [1.54, 1.807) is 6.92 Å². The lowest BCUT2D eigenvalue weighted by molar-refractivity contribution is -0.139. The van der Waals surface area contributed by atoms with E-state index in [9.17, 15) is 4.79 Å². The van der Waals surface area contributed by atoms with Crippen molar-refractivity contribution in [1.29, 1.82) is 0 Å². The highest BCUT2D eigenvalue weighted by Crippen LogP contribution is 2.35. The molecule has 82 valence electrons. The molecule has 0 radical (unpaired) electrons. The topological polar surface area (TPSA) is 49.3 Å². The maximum Gasteiger partial charge on any atom is 0.320 e. The number of carboxylic acids is 1. The van der Waals surface area contributed by atoms with Gasteiger partial charge in [0.25, 0.3) is 0 Å². The maximum atomic E-state index is 10.6. The average Bonchev–Trinajstić information content (AvgIpc) is 2.08. The molecule has 1 saturated carbocycles. The van der Waals surface area contributed by atoms with Crippen LogP contribution in [0.1, 0.15) is 46.5 Å². The molecule has 1 atom stereocenters. The molecule has 0 bridgehead atoms. The summed E-state index contributed by atoms with van der Waals surface area (Å²) in [4.78, 5) is 10.6. The van der Waals surface area contributed by atoms with Crippen LogP contribution in [0, 0.1) is 5.41 Å². The first-order valence-electron chi connectivity index (χ1n) is 5.39. The third-order valence-corrected chi connectivity index (χ3v) is 3.20. The highest BCUT2D eigenvalue weighted by molar-refractivity contribution is 5.72. The summed E-state index contributed by atoms with van der Waals surface area (Å²) >= 11 is 0. The Balaban J connectivity index is 2.32. The van der Waals surface area contributed by atoms with Crippen molar-refractivity contribution >= 4 is 5.97 Å². The van der Waals surface area contributed by atoms with E-state index in [0.29, 0.717) is 11.5 Å². The van der Waals surface area contributed by atoms with Gasteiger partial charge in [0.15, 0.2) is 0 Å². The fraction of sp³-hybridized carbons (Fsp3) is 0.909. The molecule has 0 amide bonds. The van der Waals surface area contributed by atoms with Crippen LogP contribution in [0.2, 0.25) is 0 Å². The Bertz CT molecular complexity index is 203. The van der Waals surface area contributed by atoms with E-state index in [1.165, 1.54) is 12.8 Å². The van der Waals surface area contributed by atoms with Crippen molar-refractivity contribution in [2.24, 2.45) is 5.41 Å². The van der Waals surface area contributed by atoms with Gasteiger partial charge in [0.2, 0.25) is 0 Å². The molecule has 1 aliphatic rings. The fourth-order valence-corrected chi connectivity index (χ4v) is 1.99. The van der Waals surface area contributed by atoms with E-state index in [4.69, 9.17) is 5.11 Å². The van der Waals surface area contributed by atoms with Gasteiger partial charge in [-0.05, 0) is 38.0 Å². The number of rotatable bonds is 3. The molecule has 1 fully saturated rings. The van der Waals surface area contributed by atoms with Gasteiger partial charge in [-0.3, -0.25) is 4.79 Å². The average molecular weight is 199 g/mol. The fourth-order valence-electron chi connectivity index (χ4n) is 1.99. The second kappa shape index (κ2) is 4.30. The zero-order chi connectivity index (χ0) is 10.8. The molecule has 0 aromatic rings. The van der Waals surface area contributed by atoms with Gasteiger partial charge in [-0.25, -0.2) is 0 Å². The summed E-state index contributed by atoms with van der Waals surface area (Å²) in [5.41, 5.74) is 0.449. The van der Waals surface area contributed by atoms with Crippen LogP contribution in [0.25, 0.3) is 0 Å². The largest absolute Gasteiger partial charge is 0.480 e. The van der Waals surface area contributed by atoms with Crippen LogP contribution in [-0.4, -0.2) is 23.2 Å². The molecule has 0 aromatic carbocycles. The Labute approximate surface area is 85.9 Å². The van der Waals surface area contributed by atoms with Crippen LogP contribution in [0.4, 0.5) is 0 Å². The Morgan fingerprint density at radius 3 is 2.36 bits per heavy atom. The zero-order valence-electron chi connectivity index (χ0n) is 9.34. The minimum absolute atomic E-state index is 0.397. The summed E-state index contributed by atoms with van der Waals surface area (Å²) < 4.78 is 0. The Morgan fingerprint density at radius 2 is 1.93 bits per heavy atom. The number of carbonyl (C=O) groups is 1. The summed E-state index contributed by atoms with van der Waals surface area (Å²) in [5, 5.41) is 11.9. The Kier molecular flexibility index (Phi) is 3.53. The molecule has 1 rings (SSSR count). The van der Waals surface area contributed by atoms with Crippen molar-refractivity contribution in [3.8, 4) is 0 Å². The van der Waals surface area contributed by atoms with E-state index in [0.717, 1.165) is 12.8 Å². The predicted octanol–water partition coefficient (Wildman–Crippen LogP) is 2.02. The van der Waals surface area contributed by atoms with E-state index in [-0.39, 0.29) is 0 Å². The Morgan fingerprint density at radius 1 is 1.43 bits per heavy atom. The number of hydrogen-bond donors (Lipinski definition) is 2. The van der Waals surface area contributed by atoms with Crippen LogP contribution in [0.3, 0.4) is 0 Å². The van der Waals surface area contributed by atoms with Crippen LogP contribution >= 0.6 is 0 Å². The van der Waals surface area contributed by atoms with Crippen LogP contribution in [-0.2, 0) is 4.79 Å². The van der Waals surface area contributed by atoms with Crippen molar-refractivity contribution in [3.05, 3.63) is 0 Å². The van der Waals surface area contributed by atoms with Crippen molar-refractivity contribution < 1.29 is 9.90 Å². The molecule has 1 aliphatic carbocycles.